The molecule has 2 heterocycles. The summed E-state index contributed by atoms with van der Waals surface area (Å²) in [4.78, 5) is 14.2. The van der Waals surface area contributed by atoms with Crippen molar-refractivity contribution in [3.63, 3.8) is 0 Å². The van der Waals surface area contributed by atoms with Crippen LogP contribution in [0, 0.1) is 0 Å². The van der Waals surface area contributed by atoms with Gasteiger partial charge in [-0.25, -0.2) is 0 Å². The molecular formula is C25H17Cl2N3O2S. The topological polar surface area (TPSA) is 56.0 Å². The van der Waals surface area contributed by atoms with Gasteiger partial charge in [0.05, 0.1) is 22.4 Å². The Hall–Kier alpha value is -3.19. The number of methoxy groups -OCH3 is 1. The van der Waals surface area contributed by atoms with Crippen LogP contribution >= 0.6 is 34.5 Å². The predicted octanol–water partition coefficient (Wildman–Crippen LogP) is 4.68. The van der Waals surface area contributed by atoms with E-state index in [1.165, 1.54) is 18.4 Å². The van der Waals surface area contributed by atoms with E-state index in [4.69, 9.17) is 27.9 Å². The Bertz CT molecular complexity index is 1540. The normalized spacial score (nSPS) is 15.5. The van der Waals surface area contributed by atoms with Crippen molar-refractivity contribution in [1.82, 2.24) is 4.57 Å². The van der Waals surface area contributed by atoms with Gasteiger partial charge in [-0.15, -0.1) is 10.2 Å². The summed E-state index contributed by atoms with van der Waals surface area (Å²) >= 11 is 13.7. The molecule has 4 aromatic rings. The summed E-state index contributed by atoms with van der Waals surface area (Å²) in [5.74, 6) is 0.453. The van der Waals surface area contributed by atoms with E-state index in [9.17, 15) is 4.79 Å². The number of nitrogens with zero attached hydrogens (tertiary/aromatic N) is 3. The molecule has 1 aromatic heterocycles. The van der Waals surface area contributed by atoms with Gasteiger partial charge in [-0.3, -0.25) is 9.36 Å². The number of rotatable bonds is 4. The van der Waals surface area contributed by atoms with E-state index in [1.54, 1.807) is 22.8 Å². The SMILES string of the molecule is COc1c(Cl)cc(Cl)cc1/C=c1/sc2n(c1=O)[C@H](c1ccccc1)C(c1ccccc1)=NN=2. The average Bonchev–Trinajstić information content (AvgIpc) is 3.14. The zero-order chi connectivity index (χ0) is 22.9. The van der Waals surface area contributed by atoms with E-state index in [1.807, 2.05) is 60.7 Å². The number of thiazole rings is 1. The Morgan fingerprint density at radius 2 is 1.70 bits per heavy atom. The second-order valence-corrected chi connectivity index (χ2v) is 9.20. The number of hydrogen-bond donors (Lipinski definition) is 0. The highest BCUT2D eigenvalue weighted by atomic mass is 35.5. The molecule has 0 fully saturated rings. The van der Waals surface area contributed by atoms with Gasteiger partial charge in [-0.05, 0) is 23.8 Å². The molecule has 0 saturated heterocycles. The third-order valence-electron chi connectivity index (χ3n) is 5.31. The van der Waals surface area contributed by atoms with Gasteiger partial charge in [-0.2, -0.15) is 0 Å². The zero-order valence-electron chi connectivity index (χ0n) is 17.4. The van der Waals surface area contributed by atoms with Crippen LogP contribution in [0.3, 0.4) is 0 Å². The molecule has 0 amide bonds. The van der Waals surface area contributed by atoms with Crippen LogP contribution in [-0.4, -0.2) is 17.4 Å². The summed E-state index contributed by atoms with van der Waals surface area (Å²) < 4.78 is 7.61. The fraction of sp³-hybridized carbons (Fsp3) is 0.0800. The first-order valence-electron chi connectivity index (χ1n) is 10.1. The minimum absolute atomic E-state index is 0.172. The highest BCUT2D eigenvalue weighted by Crippen LogP contribution is 2.32. The lowest BCUT2D eigenvalue weighted by Crippen LogP contribution is -2.40. The minimum atomic E-state index is -0.406. The van der Waals surface area contributed by atoms with Gasteiger partial charge >= 0.3 is 0 Å². The maximum Gasteiger partial charge on any atom is 0.271 e. The third-order valence-corrected chi connectivity index (χ3v) is 6.78. The summed E-state index contributed by atoms with van der Waals surface area (Å²) in [5.41, 5.74) is 3.02. The third kappa shape index (κ3) is 4.02. The van der Waals surface area contributed by atoms with Crippen LogP contribution in [-0.2, 0) is 0 Å². The lowest BCUT2D eigenvalue weighted by Gasteiger charge is -2.22. The standard InChI is InChI=1S/C25H17Cl2N3O2S/c1-32-23-17(12-18(26)14-19(23)27)13-20-24(31)30-22(16-10-6-3-7-11-16)21(28-29-25(30)33-20)15-8-4-2-5-9-15/h2-14,22H,1H3/b20-13+/t22-/m1/s1. The van der Waals surface area contributed by atoms with E-state index in [0.29, 0.717) is 36.4 Å². The number of ether oxygens (including phenoxy) is 1. The first-order valence-corrected chi connectivity index (χ1v) is 11.7. The van der Waals surface area contributed by atoms with E-state index < -0.39 is 6.04 Å². The summed E-state index contributed by atoms with van der Waals surface area (Å²) in [6.07, 6.45) is 1.73. The van der Waals surface area contributed by atoms with E-state index in [0.717, 1.165) is 11.1 Å². The van der Waals surface area contributed by atoms with Crippen molar-refractivity contribution in [3.05, 3.63) is 119 Å². The summed E-state index contributed by atoms with van der Waals surface area (Å²) in [6.45, 7) is 0. The van der Waals surface area contributed by atoms with E-state index >= 15 is 0 Å². The van der Waals surface area contributed by atoms with Crippen LogP contribution in [0.1, 0.15) is 22.7 Å². The van der Waals surface area contributed by atoms with Crippen molar-refractivity contribution in [2.45, 2.75) is 6.04 Å². The van der Waals surface area contributed by atoms with Gasteiger partial charge in [0, 0.05) is 16.1 Å². The van der Waals surface area contributed by atoms with Gasteiger partial charge in [0.2, 0.25) is 4.80 Å². The van der Waals surface area contributed by atoms with E-state index in [-0.39, 0.29) is 5.56 Å². The Labute approximate surface area is 203 Å². The maximum absolute atomic E-state index is 13.7. The first kappa shape index (κ1) is 21.6. The van der Waals surface area contributed by atoms with Crippen LogP contribution in [0.5, 0.6) is 5.75 Å². The number of fused-ring (bicyclic) bond motifs is 1. The lowest BCUT2D eigenvalue weighted by molar-refractivity contribution is 0.414. The van der Waals surface area contributed by atoms with Crippen LogP contribution in [0.2, 0.25) is 10.0 Å². The first-order chi connectivity index (χ1) is 16.1. The molecule has 164 valence electrons. The monoisotopic (exact) mass is 493 g/mol. The van der Waals surface area contributed by atoms with Crippen molar-refractivity contribution in [2.75, 3.05) is 7.11 Å². The number of hydrogen-bond acceptors (Lipinski definition) is 5. The second-order valence-electron chi connectivity index (χ2n) is 7.34. The van der Waals surface area contributed by atoms with Gasteiger partial charge in [0.15, 0.2) is 0 Å². The summed E-state index contributed by atoms with van der Waals surface area (Å²) in [5, 5.41) is 9.76. The van der Waals surface area contributed by atoms with Crippen LogP contribution in [0.15, 0.2) is 87.8 Å². The molecule has 0 radical (unpaired) electrons. The Morgan fingerprint density at radius 3 is 2.39 bits per heavy atom. The molecule has 0 spiro atoms. The van der Waals surface area contributed by atoms with Crippen molar-refractivity contribution >= 4 is 46.3 Å². The Morgan fingerprint density at radius 1 is 1.00 bits per heavy atom. The fourth-order valence-electron chi connectivity index (χ4n) is 3.87. The Kier molecular flexibility index (Phi) is 5.89. The number of halogens is 2. The minimum Gasteiger partial charge on any atom is -0.495 e. The number of benzene rings is 3. The molecular weight excluding hydrogens is 477 g/mol. The molecule has 0 N–H and O–H groups in total. The smallest absolute Gasteiger partial charge is 0.271 e. The highest BCUT2D eigenvalue weighted by molar-refractivity contribution is 7.07. The van der Waals surface area contributed by atoms with Crippen LogP contribution < -0.4 is 19.6 Å². The molecule has 0 unspecified atom stereocenters. The molecule has 1 aliphatic rings. The zero-order valence-corrected chi connectivity index (χ0v) is 19.7. The van der Waals surface area contributed by atoms with Gasteiger partial charge in [0.1, 0.15) is 11.8 Å². The van der Waals surface area contributed by atoms with E-state index in [2.05, 4.69) is 10.2 Å². The molecule has 33 heavy (non-hydrogen) atoms. The summed E-state index contributed by atoms with van der Waals surface area (Å²) in [6, 6.07) is 22.5. The van der Waals surface area contributed by atoms with Crippen LogP contribution in [0.25, 0.3) is 6.08 Å². The molecule has 0 aliphatic carbocycles. The summed E-state index contributed by atoms with van der Waals surface area (Å²) in [7, 11) is 1.53. The van der Waals surface area contributed by atoms with Crippen LogP contribution in [0.4, 0.5) is 0 Å². The van der Waals surface area contributed by atoms with Crippen molar-refractivity contribution in [3.8, 4) is 5.75 Å². The quantitative estimate of drug-likeness (QED) is 0.414. The largest absolute Gasteiger partial charge is 0.495 e. The Balaban J connectivity index is 1.74. The molecule has 3 aromatic carbocycles. The van der Waals surface area contributed by atoms with Gasteiger partial charge < -0.3 is 4.74 Å². The fourth-order valence-corrected chi connectivity index (χ4v) is 5.39. The van der Waals surface area contributed by atoms with Crippen molar-refractivity contribution in [2.24, 2.45) is 10.2 Å². The van der Waals surface area contributed by atoms with Gasteiger partial charge in [-0.1, -0.05) is 95.2 Å². The molecule has 0 saturated carbocycles. The molecule has 1 aliphatic heterocycles. The molecule has 8 heteroatoms. The maximum atomic E-state index is 13.7. The second kappa shape index (κ2) is 8.98. The average molecular weight is 494 g/mol. The van der Waals surface area contributed by atoms with Gasteiger partial charge in [0.25, 0.3) is 5.56 Å². The molecule has 5 nitrogen and oxygen atoms in total. The number of aromatic nitrogens is 1. The predicted molar refractivity (Wildman–Crippen MR) is 134 cm³/mol. The van der Waals surface area contributed by atoms with Crippen molar-refractivity contribution < 1.29 is 4.74 Å². The molecule has 0 bridgehead atoms. The molecule has 1 atom stereocenters. The van der Waals surface area contributed by atoms with Crippen molar-refractivity contribution in [1.29, 1.82) is 0 Å². The highest BCUT2D eigenvalue weighted by Gasteiger charge is 2.28. The molecule has 5 rings (SSSR count). The lowest BCUT2D eigenvalue weighted by atomic mass is 9.96.